The van der Waals surface area contributed by atoms with E-state index >= 15 is 0 Å². The molecule has 0 spiro atoms. The predicted molar refractivity (Wildman–Crippen MR) is 75.0 cm³/mol. The molecule has 1 N–H and O–H groups in total. The van der Waals surface area contributed by atoms with Crippen LogP contribution in [-0.4, -0.2) is 37.7 Å². The first-order valence-electron chi connectivity index (χ1n) is 6.65. The van der Waals surface area contributed by atoms with Crippen molar-refractivity contribution in [2.24, 2.45) is 0 Å². The van der Waals surface area contributed by atoms with E-state index in [0.29, 0.717) is 6.61 Å². The second-order valence-corrected chi connectivity index (χ2v) is 4.47. The van der Waals surface area contributed by atoms with Crippen molar-refractivity contribution >= 4 is 0 Å². The van der Waals surface area contributed by atoms with E-state index in [1.54, 1.807) is 0 Å². The predicted octanol–water partition coefficient (Wildman–Crippen LogP) is 2.22. The molecule has 1 atom stereocenters. The third kappa shape index (κ3) is 3.12. The Morgan fingerprint density at radius 3 is 2.89 bits per heavy atom. The lowest BCUT2D eigenvalue weighted by Gasteiger charge is -2.33. The molecule has 0 aliphatic carbocycles. The fourth-order valence-electron chi connectivity index (χ4n) is 2.41. The Hall–Kier alpha value is -1.32. The van der Waals surface area contributed by atoms with Crippen molar-refractivity contribution in [2.75, 3.05) is 32.8 Å². The van der Waals surface area contributed by atoms with Crippen LogP contribution in [0.1, 0.15) is 18.5 Å². The van der Waals surface area contributed by atoms with Crippen LogP contribution in [0.15, 0.2) is 36.9 Å². The van der Waals surface area contributed by atoms with E-state index in [-0.39, 0.29) is 6.04 Å². The number of rotatable bonds is 5. The first kappa shape index (κ1) is 13.1. The first-order chi connectivity index (χ1) is 8.85. The van der Waals surface area contributed by atoms with Crippen molar-refractivity contribution < 1.29 is 4.74 Å². The highest BCUT2D eigenvalue weighted by atomic mass is 16.5. The SMILES string of the molecule is C=C[C@@H](c1cccc(OCC)c1)N1CCNCC1. The number of hydrogen-bond acceptors (Lipinski definition) is 3. The lowest BCUT2D eigenvalue weighted by atomic mass is 10.0. The van der Waals surface area contributed by atoms with Gasteiger partial charge in [-0.25, -0.2) is 0 Å². The van der Waals surface area contributed by atoms with E-state index in [1.807, 2.05) is 19.1 Å². The minimum absolute atomic E-state index is 0.285. The summed E-state index contributed by atoms with van der Waals surface area (Å²) in [7, 11) is 0. The van der Waals surface area contributed by atoms with Crippen LogP contribution < -0.4 is 10.1 Å². The largest absolute Gasteiger partial charge is 0.494 e. The highest BCUT2D eigenvalue weighted by Crippen LogP contribution is 2.25. The summed E-state index contributed by atoms with van der Waals surface area (Å²) in [4.78, 5) is 2.45. The highest BCUT2D eigenvalue weighted by molar-refractivity contribution is 5.32. The molecule has 0 unspecified atom stereocenters. The van der Waals surface area contributed by atoms with Crippen LogP contribution in [0.25, 0.3) is 0 Å². The van der Waals surface area contributed by atoms with Gasteiger partial charge < -0.3 is 10.1 Å². The number of ether oxygens (including phenoxy) is 1. The van der Waals surface area contributed by atoms with Crippen molar-refractivity contribution in [3.8, 4) is 5.75 Å². The van der Waals surface area contributed by atoms with Gasteiger partial charge in [0.25, 0.3) is 0 Å². The number of hydrogen-bond donors (Lipinski definition) is 1. The van der Waals surface area contributed by atoms with Crippen LogP contribution in [0.5, 0.6) is 5.75 Å². The Morgan fingerprint density at radius 1 is 1.44 bits per heavy atom. The van der Waals surface area contributed by atoms with Gasteiger partial charge in [0, 0.05) is 26.2 Å². The molecule has 1 aliphatic heterocycles. The van der Waals surface area contributed by atoms with Gasteiger partial charge >= 0.3 is 0 Å². The highest BCUT2D eigenvalue weighted by Gasteiger charge is 2.19. The molecule has 1 aromatic rings. The Balaban J connectivity index is 2.15. The molecule has 2 rings (SSSR count). The molecule has 1 aliphatic rings. The van der Waals surface area contributed by atoms with Gasteiger partial charge in [-0.15, -0.1) is 6.58 Å². The van der Waals surface area contributed by atoms with Gasteiger partial charge in [-0.05, 0) is 24.6 Å². The van der Waals surface area contributed by atoms with Gasteiger partial charge in [0.1, 0.15) is 5.75 Å². The van der Waals surface area contributed by atoms with E-state index in [4.69, 9.17) is 4.74 Å². The summed E-state index contributed by atoms with van der Waals surface area (Å²) < 4.78 is 5.56. The zero-order chi connectivity index (χ0) is 12.8. The second-order valence-electron chi connectivity index (χ2n) is 4.47. The monoisotopic (exact) mass is 246 g/mol. The van der Waals surface area contributed by atoms with Gasteiger partial charge in [-0.1, -0.05) is 18.2 Å². The summed E-state index contributed by atoms with van der Waals surface area (Å²) in [6.45, 7) is 10.9. The van der Waals surface area contributed by atoms with Crippen LogP contribution in [-0.2, 0) is 0 Å². The van der Waals surface area contributed by atoms with Crippen molar-refractivity contribution in [2.45, 2.75) is 13.0 Å². The quantitative estimate of drug-likeness (QED) is 0.806. The molecule has 0 aromatic heterocycles. The fraction of sp³-hybridized carbons (Fsp3) is 0.467. The molecule has 0 radical (unpaired) electrons. The molecule has 1 heterocycles. The van der Waals surface area contributed by atoms with Gasteiger partial charge in [0.15, 0.2) is 0 Å². The van der Waals surface area contributed by atoms with E-state index < -0.39 is 0 Å². The van der Waals surface area contributed by atoms with Crippen molar-refractivity contribution in [3.05, 3.63) is 42.5 Å². The van der Waals surface area contributed by atoms with Crippen LogP contribution >= 0.6 is 0 Å². The molecule has 98 valence electrons. The zero-order valence-electron chi connectivity index (χ0n) is 11.1. The molecule has 1 aromatic carbocycles. The van der Waals surface area contributed by atoms with Crippen molar-refractivity contribution in [3.63, 3.8) is 0 Å². The molecule has 3 heteroatoms. The minimum atomic E-state index is 0.285. The molecule has 1 saturated heterocycles. The topological polar surface area (TPSA) is 24.5 Å². The smallest absolute Gasteiger partial charge is 0.119 e. The minimum Gasteiger partial charge on any atom is -0.494 e. The Morgan fingerprint density at radius 2 is 2.22 bits per heavy atom. The molecular weight excluding hydrogens is 224 g/mol. The fourth-order valence-corrected chi connectivity index (χ4v) is 2.41. The van der Waals surface area contributed by atoms with Crippen LogP contribution in [0.2, 0.25) is 0 Å². The van der Waals surface area contributed by atoms with Crippen LogP contribution in [0.3, 0.4) is 0 Å². The maximum Gasteiger partial charge on any atom is 0.119 e. The molecule has 18 heavy (non-hydrogen) atoms. The third-order valence-electron chi connectivity index (χ3n) is 3.28. The first-order valence-corrected chi connectivity index (χ1v) is 6.65. The third-order valence-corrected chi connectivity index (χ3v) is 3.28. The molecule has 1 fully saturated rings. The number of benzene rings is 1. The standard InChI is InChI=1S/C15H22N2O/c1-3-15(17-10-8-16-9-11-17)13-6-5-7-14(12-13)18-4-2/h3,5-7,12,15-16H,1,4,8-11H2,2H3/t15-/m0/s1. The molecule has 3 nitrogen and oxygen atoms in total. The van der Waals surface area contributed by atoms with Crippen LogP contribution in [0.4, 0.5) is 0 Å². The van der Waals surface area contributed by atoms with Gasteiger partial charge in [-0.3, -0.25) is 4.90 Å². The van der Waals surface area contributed by atoms with Gasteiger partial charge in [0.05, 0.1) is 12.6 Å². The summed E-state index contributed by atoms with van der Waals surface area (Å²) in [6.07, 6.45) is 2.02. The van der Waals surface area contributed by atoms with E-state index in [2.05, 4.69) is 35.0 Å². The Bertz CT molecular complexity index is 386. The average Bonchev–Trinajstić information content (AvgIpc) is 2.42. The number of nitrogens with zero attached hydrogens (tertiary/aromatic N) is 1. The normalized spacial score (nSPS) is 18.3. The zero-order valence-corrected chi connectivity index (χ0v) is 11.1. The maximum absolute atomic E-state index is 5.56. The average molecular weight is 246 g/mol. The maximum atomic E-state index is 5.56. The van der Waals surface area contributed by atoms with Crippen molar-refractivity contribution in [1.82, 2.24) is 10.2 Å². The lowest BCUT2D eigenvalue weighted by Crippen LogP contribution is -2.44. The van der Waals surface area contributed by atoms with E-state index in [1.165, 1.54) is 5.56 Å². The van der Waals surface area contributed by atoms with Gasteiger partial charge in [-0.2, -0.15) is 0 Å². The van der Waals surface area contributed by atoms with Gasteiger partial charge in [0.2, 0.25) is 0 Å². The summed E-state index contributed by atoms with van der Waals surface area (Å²) >= 11 is 0. The van der Waals surface area contributed by atoms with E-state index in [9.17, 15) is 0 Å². The van der Waals surface area contributed by atoms with Crippen LogP contribution in [0, 0.1) is 0 Å². The summed E-state index contributed by atoms with van der Waals surface area (Å²) in [6, 6.07) is 8.62. The molecule has 0 bridgehead atoms. The molecule has 0 amide bonds. The van der Waals surface area contributed by atoms with E-state index in [0.717, 1.165) is 31.9 Å². The summed E-state index contributed by atoms with van der Waals surface area (Å²) in [5.41, 5.74) is 1.26. The number of piperazine rings is 1. The Kier molecular flexibility index (Phi) is 4.79. The van der Waals surface area contributed by atoms with Crippen molar-refractivity contribution in [1.29, 1.82) is 0 Å². The molecule has 0 saturated carbocycles. The number of nitrogens with one attached hydrogen (secondary N) is 1. The second kappa shape index (κ2) is 6.57. The summed E-state index contributed by atoms with van der Waals surface area (Å²) in [5, 5.41) is 3.38. The molecular formula is C15H22N2O. The summed E-state index contributed by atoms with van der Waals surface area (Å²) in [5.74, 6) is 0.942. The lowest BCUT2D eigenvalue weighted by molar-refractivity contribution is 0.203. The Labute approximate surface area is 109 Å².